The van der Waals surface area contributed by atoms with E-state index in [2.05, 4.69) is 5.32 Å². The second kappa shape index (κ2) is 9.04. The van der Waals surface area contributed by atoms with Gasteiger partial charge in [-0.1, -0.05) is 12.1 Å². The molecule has 11 heteroatoms. The van der Waals surface area contributed by atoms with Crippen molar-refractivity contribution in [2.75, 3.05) is 18.5 Å². The molecule has 0 saturated heterocycles. The van der Waals surface area contributed by atoms with Gasteiger partial charge in [-0.2, -0.15) is 13.2 Å². The SMILES string of the molecule is CCOc1ccccc1C(=O)OCC(=O)Nc1ccc(C(F)(F)F)cc1[N+](=O)[O-]. The second-order valence-electron chi connectivity index (χ2n) is 5.54. The van der Waals surface area contributed by atoms with Gasteiger partial charge in [-0.3, -0.25) is 14.9 Å². The highest BCUT2D eigenvalue weighted by Crippen LogP contribution is 2.34. The van der Waals surface area contributed by atoms with Gasteiger partial charge in [0.15, 0.2) is 6.61 Å². The molecule has 0 aliphatic rings. The molecule has 0 radical (unpaired) electrons. The van der Waals surface area contributed by atoms with Crippen LogP contribution in [-0.2, 0) is 15.7 Å². The minimum absolute atomic E-state index is 0.0719. The molecule has 2 aromatic rings. The molecule has 0 heterocycles. The maximum Gasteiger partial charge on any atom is 0.416 e. The molecule has 0 bridgehead atoms. The van der Waals surface area contributed by atoms with Gasteiger partial charge >= 0.3 is 12.1 Å². The van der Waals surface area contributed by atoms with Crippen LogP contribution in [0.4, 0.5) is 24.5 Å². The molecule has 0 aliphatic heterocycles. The molecule has 0 aliphatic carbocycles. The van der Waals surface area contributed by atoms with Crippen molar-refractivity contribution in [1.82, 2.24) is 0 Å². The highest BCUT2D eigenvalue weighted by atomic mass is 19.4. The van der Waals surface area contributed by atoms with Crippen molar-refractivity contribution in [2.45, 2.75) is 13.1 Å². The summed E-state index contributed by atoms with van der Waals surface area (Å²) in [6, 6.07) is 7.80. The molecule has 2 aromatic carbocycles. The third-order valence-electron chi connectivity index (χ3n) is 3.54. The van der Waals surface area contributed by atoms with Crippen LogP contribution in [-0.4, -0.2) is 30.0 Å². The highest BCUT2D eigenvalue weighted by Gasteiger charge is 2.33. The maximum atomic E-state index is 12.7. The van der Waals surface area contributed by atoms with E-state index in [1.807, 2.05) is 0 Å². The van der Waals surface area contributed by atoms with Crippen LogP contribution in [0.15, 0.2) is 42.5 Å². The zero-order valence-electron chi connectivity index (χ0n) is 15.0. The van der Waals surface area contributed by atoms with Gasteiger partial charge in [0.2, 0.25) is 0 Å². The summed E-state index contributed by atoms with van der Waals surface area (Å²) >= 11 is 0. The average Bonchev–Trinajstić information content (AvgIpc) is 2.66. The summed E-state index contributed by atoms with van der Waals surface area (Å²) in [5, 5.41) is 13.1. The first-order valence-corrected chi connectivity index (χ1v) is 8.18. The number of nitrogens with zero attached hydrogens (tertiary/aromatic N) is 1. The molecule has 0 aromatic heterocycles. The molecule has 8 nitrogen and oxygen atoms in total. The van der Waals surface area contributed by atoms with Crippen LogP contribution in [0.2, 0.25) is 0 Å². The summed E-state index contributed by atoms with van der Waals surface area (Å²) in [5.41, 5.74) is -2.57. The molecular weight excluding hydrogens is 397 g/mol. The van der Waals surface area contributed by atoms with Crippen molar-refractivity contribution >= 4 is 23.3 Å². The molecule has 0 fully saturated rings. The number of carbonyl (C=O) groups excluding carboxylic acids is 2. The number of hydrogen-bond donors (Lipinski definition) is 1. The molecule has 0 unspecified atom stereocenters. The van der Waals surface area contributed by atoms with Crippen molar-refractivity contribution < 1.29 is 37.2 Å². The Hall–Kier alpha value is -3.63. The molecule has 0 atom stereocenters. The van der Waals surface area contributed by atoms with Gasteiger partial charge in [0.25, 0.3) is 11.6 Å². The standard InChI is InChI=1S/C18H15F3N2O6/c1-2-28-15-6-4-3-5-12(15)17(25)29-10-16(24)22-13-8-7-11(18(19,20)21)9-14(13)23(26)27/h3-9H,2,10H2,1H3,(H,22,24). The van der Waals surface area contributed by atoms with Gasteiger partial charge in [-0.15, -0.1) is 0 Å². The number of anilines is 1. The van der Waals surface area contributed by atoms with E-state index >= 15 is 0 Å². The Morgan fingerprint density at radius 3 is 2.48 bits per heavy atom. The monoisotopic (exact) mass is 412 g/mol. The van der Waals surface area contributed by atoms with E-state index in [4.69, 9.17) is 9.47 Å². The van der Waals surface area contributed by atoms with Crippen molar-refractivity contribution in [3.05, 3.63) is 63.7 Å². The van der Waals surface area contributed by atoms with Gasteiger partial charge in [0, 0.05) is 6.07 Å². The zero-order valence-corrected chi connectivity index (χ0v) is 15.0. The maximum absolute atomic E-state index is 12.7. The minimum Gasteiger partial charge on any atom is -0.493 e. The quantitative estimate of drug-likeness (QED) is 0.421. The Balaban J connectivity index is 2.08. The third-order valence-corrected chi connectivity index (χ3v) is 3.54. The number of halogens is 3. The van der Waals surface area contributed by atoms with E-state index in [0.29, 0.717) is 18.7 Å². The highest BCUT2D eigenvalue weighted by molar-refractivity contribution is 5.97. The molecule has 154 valence electrons. The van der Waals surface area contributed by atoms with Crippen LogP contribution in [0.1, 0.15) is 22.8 Å². The third kappa shape index (κ3) is 5.67. The number of esters is 1. The number of hydrogen-bond acceptors (Lipinski definition) is 6. The number of nitrogens with one attached hydrogen (secondary N) is 1. The molecule has 29 heavy (non-hydrogen) atoms. The number of para-hydroxylation sites is 1. The smallest absolute Gasteiger partial charge is 0.416 e. The summed E-state index contributed by atoms with van der Waals surface area (Å²) < 4.78 is 48.2. The molecular formula is C18H15F3N2O6. The fraction of sp³-hybridized carbons (Fsp3) is 0.222. The Kier molecular flexibility index (Phi) is 6.75. The summed E-state index contributed by atoms with van der Waals surface area (Å²) in [7, 11) is 0. The lowest BCUT2D eigenvalue weighted by atomic mass is 10.1. The van der Waals surface area contributed by atoms with Gasteiger partial charge < -0.3 is 14.8 Å². The lowest BCUT2D eigenvalue weighted by Crippen LogP contribution is -2.22. The summed E-state index contributed by atoms with van der Waals surface area (Å²) in [6.07, 6.45) is -4.78. The summed E-state index contributed by atoms with van der Waals surface area (Å²) in [5.74, 6) is -1.58. The van der Waals surface area contributed by atoms with Crippen molar-refractivity contribution in [3.8, 4) is 5.75 Å². The number of benzene rings is 2. The molecule has 0 saturated carbocycles. The molecule has 1 amide bonds. The number of nitro groups is 1. The Bertz CT molecular complexity index is 930. The van der Waals surface area contributed by atoms with Crippen LogP contribution >= 0.6 is 0 Å². The first-order chi connectivity index (χ1) is 13.6. The van der Waals surface area contributed by atoms with E-state index in [-0.39, 0.29) is 11.3 Å². The Labute approximate surface area is 162 Å². The molecule has 1 N–H and O–H groups in total. The van der Waals surface area contributed by atoms with Gasteiger partial charge in [-0.25, -0.2) is 4.79 Å². The minimum atomic E-state index is -4.78. The van der Waals surface area contributed by atoms with E-state index < -0.39 is 46.5 Å². The van der Waals surface area contributed by atoms with Crippen molar-refractivity contribution in [3.63, 3.8) is 0 Å². The topological polar surface area (TPSA) is 108 Å². The first kappa shape index (κ1) is 21.7. The normalized spacial score (nSPS) is 10.9. The van der Waals surface area contributed by atoms with E-state index in [1.54, 1.807) is 19.1 Å². The lowest BCUT2D eigenvalue weighted by molar-refractivity contribution is -0.384. The predicted octanol–water partition coefficient (Wildman–Crippen LogP) is 3.81. The fourth-order valence-corrected chi connectivity index (χ4v) is 2.28. The van der Waals surface area contributed by atoms with Crippen molar-refractivity contribution in [1.29, 1.82) is 0 Å². The van der Waals surface area contributed by atoms with Crippen LogP contribution < -0.4 is 10.1 Å². The van der Waals surface area contributed by atoms with E-state index in [9.17, 15) is 32.9 Å². The first-order valence-electron chi connectivity index (χ1n) is 8.18. The zero-order chi connectivity index (χ0) is 21.6. The summed E-state index contributed by atoms with van der Waals surface area (Å²) in [4.78, 5) is 34.0. The average molecular weight is 412 g/mol. The number of alkyl halides is 3. The molecule has 2 rings (SSSR count). The van der Waals surface area contributed by atoms with Crippen LogP contribution in [0.25, 0.3) is 0 Å². The lowest BCUT2D eigenvalue weighted by Gasteiger charge is -2.11. The number of carbonyl (C=O) groups is 2. The number of nitro benzene ring substituents is 1. The Morgan fingerprint density at radius 2 is 1.86 bits per heavy atom. The number of rotatable bonds is 7. The van der Waals surface area contributed by atoms with Crippen LogP contribution in [0.3, 0.4) is 0 Å². The van der Waals surface area contributed by atoms with Gasteiger partial charge in [-0.05, 0) is 31.2 Å². The largest absolute Gasteiger partial charge is 0.493 e. The summed E-state index contributed by atoms with van der Waals surface area (Å²) in [6.45, 7) is 1.20. The van der Waals surface area contributed by atoms with Crippen LogP contribution in [0, 0.1) is 10.1 Å². The van der Waals surface area contributed by atoms with Gasteiger partial charge in [0.05, 0.1) is 17.1 Å². The molecule has 0 spiro atoms. The Morgan fingerprint density at radius 1 is 1.17 bits per heavy atom. The van der Waals surface area contributed by atoms with Gasteiger partial charge in [0.1, 0.15) is 17.0 Å². The number of amides is 1. The van der Waals surface area contributed by atoms with Crippen molar-refractivity contribution in [2.24, 2.45) is 0 Å². The predicted molar refractivity (Wildman–Crippen MR) is 94.6 cm³/mol. The number of ether oxygens (including phenoxy) is 2. The van der Waals surface area contributed by atoms with E-state index in [0.717, 1.165) is 6.07 Å². The second-order valence-corrected chi connectivity index (χ2v) is 5.54. The van der Waals surface area contributed by atoms with Crippen LogP contribution in [0.5, 0.6) is 5.75 Å². The van der Waals surface area contributed by atoms with E-state index in [1.165, 1.54) is 12.1 Å². The fourth-order valence-electron chi connectivity index (χ4n) is 2.28.